The number of amides is 2. The third kappa shape index (κ3) is 3.00. The summed E-state index contributed by atoms with van der Waals surface area (Å²) < 4.78 is 0. The SMILES string of the molecule is CCN1C(=O)[C@@H](NC(=O)[C@@H](N)C(C)C)C(C)C23CCC(C2)C(c2ccccc2)C13. The van der Waals surface area contributed by atoms with Gasteiger partial charge in [0.05, 0.1) is 6.04 Å². The van der Waals surface area contributed by atoms with Crippen molar-refractivity contribution in [2.45, 2.75) is 71.0 Å². The number of hydrogen-bond acceptors (Lipinski definition) is 3. The molecule has 1 aliphatic heterocycles. The lowest BCUT2D eigenvalue weighted by atomic mass is 9.61. The summed E-state index contributed by atoms with van der Waals surface area (Å²) in [5.41, 5.74) is 7.51. The molecule has 2 saturated carbocycles. The summed E-state index contributed by atoms with van der Waals surface area (Å²) in [5.74, 6) is 1.02. The molecule has 5 unspecified atom stereocenters. The van der Waals surface area contributed by atoms with Gasteiger partial charge in [0.1, 0.15) is 6.04 Å². The van der Waals surface area contributed by atoms with Gasteiger partial charge in [0.2, 0.25) is 11.8 Å². The summed E-state index contributed by atoms with van der Waals surface area (Å²) in [6.45, 7) is 8.79. The predicted molar refractivity (Wildman–Crippen MR) is 114 cm³/mol. The van der Waals surface area contributed by atoms with E-state index in [2.05, 4.69) is 54.4 Å². The molecule has 0 radical (unpaired) electrons. The zero-order valence-corrected chi connectivity index (χ0v) is 18.1. The molecule has 1 aromatic carbocycles. The number of rotatable bonds is 5. The summed E-state index contributed by atoms with van der Waals surface area (Å²) in [4.78, 5) is 28.3. The van der Waals surface area contributed by atoms with Crippen LogP contribution in [0.2, 0.25) is 0 Å². The zero-order valence-electron chi connectivity index (χ0n) is 18.1. The van der Waals surface area contributed by atoms with Gasteiger partial charge < -0.3 is 16.0 Å². The molecule has 2 amide bonds. The molecule has 3 N–H and O–H groups in total. The summed E-state index contributed by atoms with van der Waals surface area (Å²) in [5, 5.41) is 3.05. The number of piperidine rings is 1. The first-order chi connectivity index (χ1) is 13.8. The predicted octanol–water partition coefficient (Wildman–Crippen LogP) is 2.91. The minimum absolute atomic E-state index is 0.0435. The molecule has 1 spiro atoms. The van der Waals surface area contributed by atoms with Gasteiger partial charge >= 0.3 is 0 Å². The van der Waals surface area contributed by atoms with Crippen molar-refractivity contribution in [2.75, 3.05) is 6.54 Å². The lowest BCUT2D eigenvalue weighted by molar-refractivity contribution is -0.154. The Morgan fingerprint density at radius 1 is 1.31 bits per heavy atom. The molecule has 158 valence electrons. The van der Waals surface area contributed by atoms with E-state index >= 15 is 0 Å². The standard InChI is InChI=1S/C24H35N3O2/c1-5-27-21-18(16-9-7-6-8-10-16)17-11-12-24(21,13-17)15(4)20(23(27)29)26-22(28)19(25)14(2)3/h6-10,14-15,17-21H,5,11-13,25H2,1-4H3,(H,26,28)/t15?,17?,18?,19-,20-,21?,24?/m0/s1. The van der Waals surface area contributed by atoms with Crippen molar-refractivity contribution in [3.05, 3.63) is 35.9 Å². The van der Waals surface area contributed by atoms with Crippen LogP contribution in [0.4, 0.5) is 0 Å². The van der Waals surface area contributed by atoms with Gasteiger partial charge in [0.15, 0.2) is 0 Å². The number of likely N-dealkylation sites (N-methyl/N-ethyl adjacent to an activating group) is 1. The fourth-order valence-electron chi connectivity index (χ4n) is 6.61. The van der Waals surface area contributed by atoms with Crippen LogP contribution in [0.25, 0.3) is 0 Å². The van der Waals surface area contributed by atoms with E-state index in [4.69, 9.17) is 5.73 Å². The van der Waals surface area contributed by atoms with Crippen LogP contribution in [0.5, 0.6) is 0 Å². The molecule has 2 bridgehead atoms. The number of nitrogens with one attached hydrogen (secondary N) is 1. The summed E-state index contributed by atoms with van der Waals surface area (Å²) >= 11 is 0. The van der Waals surface area contributed by atoms with E-state index in [1.807, 2.05) is 13.8 Å². The van der Waals surface area contributed by atoms with Crippen molar-refractivity contribution in [1.82, 2.24) is 10.2 Å². The molecule has 5 heteroatoms. The highest BCUT2D eigenvalue weighted by Crippen LogP contribution is 2.67. The molecule has 3 aliphatic rings. The maximum absolute atomic E-state index is 13.6. The third-order valence-corrected chi connectivity index (χ3v) is 8.20. The number of benzene rings is 1. The molecule has 5 nitrogen and oxygen atoms in total. The largest absolute Gasteiger partial charge is 0.343 e. The van der Waals surface area contributed by atoms with Gasteiger partial charge in [0, 0.05) is 18.5 Å². The van der Waals surface area contributed by atoms with Gasteiger partial charge in [-0.05, 0) is 54.9 Å². The summed E-state index contributed by atoms with van der Waals surface area (Å²) in [6, 6.07) is 9.87. The van der Waals surface area contributed by atoms with Crippen LogP contribution >= 0.6 is 0 Å². The topological polar surface area (TPSA) is 75.4 Å². The quantitative estimate of drug-likeness (QED) is 0.802. The highest BCUT2D eigenvalue weighted by Gasteiger charge is 2.66. The average molecular weight is 398 g/mol. The molecule has 1 aromatic rings. The first kappa shape index (κ1) is 20.4. The van der Waals surface area contributed by atoms with Crippen LogP contribution in [-0.2, 0) is 9.59 Å². The maximum Gasteiger partial charge on any atom is 0.245 e. The van der Waals surface area contributed by atoms with E-state index in [0.717, 1.165) is 12.8 Å². The van der Waals surface area contributed by atoms with Crippen LogP contribution in [0.15, 0.2) is 30.3 Å². The molecule has 1 saturated heterocycles. The molecular formula is C24H35N3O2. The Hall–Kier alpha value is -1.88. The normalized spacial score (nSPS) is 37.0. The van der Waals surface area contributed by atoms with Crippen molar-refractivity contribution in [2.24, 2.45) is 28.9 Å². The monoisotopic (exact) mass is 397 g/mol. The molecular weight excluding hydrogens is 362 g/mol. The Labute approximate surface area is 174 Å². The second kappa shape index (κ2) is 7.42. The fraction of sp³-hybridized carbons (Fsp3) is 0.667. The Morgan fingerprint density at radius 2 is 2.00 bits per heavy atom. The van der Waals surface area contributed by atoms with E-state index < -0.39 is 12.1 Å². The van der Waals surface area contributed by atoms with Crippen LogP contribution < -0.4 is 11.1 Å². The van der Waals surface area contributed by atoms with Crippen LogP contribution in [0.3, 0.4) is 0 Å². The minimum atomic E-state index is -0.586. The van der Waals surface area contributed by atoms with Gasteiger partial charge in [-0.2, -0.15) is 0 Å². The van der Waals surface area contributed by atoms with E-state index in [1.54, 1.807) is 0 Å². The molecule has 7 atom stereocenters. The Bertz CT molecular complexity index is 780. The van der Waals surface area contributed by atoms with E-state index in [-0.39, 0.29) is 35.1 Å². The Balaban J connectivity index is 1.68. The lowest BCUT2D eigenvalue weighted by Gasteiger charge is -2.55. The summed E-state index contributed by atoms with van der Waals surface area (Å²) in [6.07, 6.45) is 3.49. The average Bonchev–Trinajstić information content (AvgIpc) is 3.29. The van der Waals surface area contributed by atoms with Gasteiger partial charge in [-0.1, -0.05) is 51.1 Å². The highest BCUT2D eigenvalue weighted by atomic mass is 16.2. The first-order valence-corrected chi connectivity index (χ1v) is 11.2. The molecule has 0 aromatic heterocycles. The molecule has 3 fully saturated rings. The highest BCUT2D eigenvalue weighted by molar-refractivity contribution is 5.91. The van der Waals surface area contributed by atoms with Crippen LogP contribution in [0.1, 0.15) is 58.4 Å². The number of carbonyl (C=O) groups excluding carboxylic acids is 2. The van der Waals surface area contributed by atoms with Crippen molar-refractivity contribution >= 4 is 11.8 Å². The number of likely N-dealkylation sites (tertiary alicyclic amines) is 1. The zero-order chi connectivity index (χ0) is 20.9. The second-order valence-corrected chi connectivity index (χ2v) is 9.79. The number of hydrogen-bond donors (Lipinski definition) is 2. The van der Waals surface area contributed by atoms with Crippen molar-refractivity contribution in [3.8, 4) is 0 Å². The van der Waals surface area contributed by atoms with E-state index in [1.165, 1.54) is 12.0 Å². The number of nitrogens with two attached hydrogens (primary N) is 1. The minimum Gasteiger partial charge on any atom is -0.343 e. The molecule has 2 aliphatic carbocycles. The Kier molecular flexibility index (Phi) is 5.22. The van der Waals surface area contributed by atoms with Gasteiger partial charge in [-0.25, -0.2) is 0 Å². The number of fused-ring (bicyclic) bond motifs is 1. The van der Waals surface area contributed by atoms with Gasteiger partial charge in [-0.15, -0.1) is 0 Å². The van der Waals surface area contributed by atoms with Crippen molar-refractivity contribution in [3.63, 3.8) is 0 Å². The van der Waals surface area contributed by atoms with E-state index in [0.29, 0.717) is 18.4 Å². The van der Waals surface area contributed by atoms with Crippen molar-refractivity contribution < 1.29 is 9.59 Å². The molecule has 29 heavy (non-hydrogen) atoms. The Morgan fingerprint density at radius 3 is 2.62 bits per heavy atom. The first-order valence-electron chi connectivity index (χ1n) is 11.2. The maximum atomic E-state index is 13.6. The van der Waals surface area contributed by atoms with E-state index in [9.17, 15) is 9.59 Å². The number of carbonyl (C=O) groups is 2. The number of nitrogens with zero attached hydrogens (tertiary/aromatic N) is 1. The van der Waals surface area contributed by atoms with Gasteiger partial charge in [-0.3, -0.25) is 9.59 Å². The molecule has 1 heterocycles. The van der Waals surface area contributed by atoms with Crippen LogP contribution in [-0.4, -0.2) is 41.4 Å². The second-order valence-electron chi connectivity index (χ2n) is 9.79. The smallest absolute Gasteiger partial charge is 0.245 e. The molecule has 4 rings (SSSR count). The third-order valence-electron chi connectivity index (χ3n) is 8.20. The van der Waals surface area contributed by atoms with Gasteiger partial charge in [0.25, 0.3) is 0 Å². The lowest BCUT2D eigenvalue weighted by Crippen LogP contribution is -2.68. The van der Waals surface area contributed by atoms with Crippen LogP contribution in [0, 0.1) is 23.2 Å². The summed E-state index contributed by atoms with van der Waals surface area (Å²) in [7, 11) is 0. The fourth-order valence-corrected chi connectivity index (χ4v) is 6.61. The van der Waals surface area contributed by atoms with Crippen molar-refractivity contribution in [1.29, 1.82) is 0 Å².